The van der Waals surface area contributed by atoms with E-state index in [0.29, 0.717) is 17.9 Å². The van der Waals surface area contributed by atoms with E-state index in [1.807, 2.05) is 42.5 Å². The second kappa shape index (κ2) is 6.12. The molecule has 0 bridgehead atoms. The molecule has 0 unspecified atom stereocenters. The summed E-state index contributed by atoms with van der Waals surface area (Å²) >= 11 is 0. The van der Waals surface area contributed by atoms with E-state index in [-0.39, 0.29) is 5.91 Å². The van der Waals surface area contributed by atoms with Gasteiger partial charge in [0.25, 0.3) is 5.91 Å². The SMILES string of the molecule is COc1cccc(NC(=O)[C@@]2(C)CC(c3ccccc3)=NO2)c1. The highest BCUT2D eigenvalue weighted by Crippen LogP contribution is 2.28. The third kappa shape index (κ3) is 3.18. The predicted molar refractivity (Wildman–Crippen MR) is 88.7 cm³/mol. The molecule has 0 aliphatic carbocycles. The van der Waals surface area contributed by atoms with Gasteiger partial charge >= 0.3 is 0 Å². The molecule has 1 aliphatic rings. The van der Waals surface area contributed by atoms with Crippen molar-refractivity contribution in [2.75, 3.05) is 12.4 Å². The van der Waals surface area contributed by atoms with Crippen molar-refractivity contribution in [2.24, 2.45) is 5.16 Å². The van der Waals surface area contributed by atoms with E-state index in [4.69, 9.17) is 9.57 Å². The number of oxime groups is 1. The Morgan fingerprint density at radius 3 is 2.74 bits per heavy atom. The Morgan fingerprint density at radius 2 is 2.00 bits per heavy atom. The number of amides is 1. The fourth-order valence-electron chi connectivity index (χ4n) is 2.41. The molecule has 1 atom stereocenters. The summed E-state index contributed by atoms with van der Waals surface area (Å²) in [6.07, 6.45) is 0.423. The van der Waals surface area contributed by atoms with Crippen molar-refractivity contribution in [2.45, 2.75) is 18.9 Å². The van der Waals surface area contributed by atoms with Gasteiger partial charge in [0.1, 0.15) is 5.75 Å². The van der Waals surface area contributed by atoms with Gasteiger partial charge in [-0.25, -0.2) is 0 Å². The molecular weight excluding hydrogens is 292 g/mol. The lowest BCUT2D eigenvalue weighted by Gasteiger charge is -2.20. The van der Waals surface area contributed by atoms with E-state index in [9.17, 15) is 4.79 Å². The second-order valence-electron chi connectivity index (χ2n) is 5.59. The van der Waals surface area contributed by atoms with E-state index in [1.54, 1.807) is 26.2 Å². The molecule has 2 aromatic carbocycles. The van der Waals surface area contributed by atoms with Crippen LogP contribution in [0.15, 0.2) is 59.8 Å². The fraction of sp³-hybridized carbons (Fsp3) is 0.222. The zero-order valence-corrected chi connectivity index (χ0v) is 13.1. The minimum Gasteiger partial charge on any atom is -0.497 e. The van der Waals surface area contributed by atoms with Gasteiger partial charge in [0, 0.05) is 18.2 Å². The first-order chi connectivity index (χ1) is 11.1. The van der Waals surface area contributed by atoms with E-state index in [1.165, 1.54) is 0 Å². The molecule has 1 amide bonds. The van der Waals surface area contributed by atoms with E-state index in [2.05, 4.69) is 10.5 Å². The molecule has 0 saturated heterocycles. The second-order valence-corrected chi connectivity index (χ2v) is 5.59. The summed E-state index contributed by atoms with van der Waals surface area (Å²) in [6, 6.07) is 16.9. The number of carbonyl (C=O) groups is 1. The van der Waals surface area contributed by atoms with Crippen molar-refractivity contribution < 1.29 is 14.4 Å². The lowest BCUT2D eigenvalue weighted by molar-refractivity contribution is -0.135. The molecule has 3 rings (SSSR count). The number of ether oxygens (including phenoxy) is 1. The van der Waals surface area contributed by atoms with Gasteiger partial charge < -0.3 is 14.9 Å². The van der Waals surface area contributed by atoms with Crippen molar-refractivity contribution in [3.63, 3.8) is 0 Å². The van der Waals surface area contributed by atoms with Gasteiger partial charge in [0.2, 0.25) is 5.60 Å². The molecule has 1 N–H and O–H groups in total. The maximum Gasteiger partial charge on any atom is 0.271 e. The predicted octanol–water partition coefficient (Wildman–Crippen LogP) is 3.22. The molecule has 1 aliphatic heterocycles. The molecule has 0 spiro atoms. The van der Waals surface area contributed by atoms with Gasteiger partial charge in [-0.05, 0) is 24.6 Å². The van der Waals surface area contributed by atoms with Gasteiger partial charge in [-0.3, -0.25) is 4.79 Å². The average molecular weight is 310 g/mol. The molecule has 2 aromatic rings. The van der Waals surface area contributed by atoms with Gasteiger partial charge in [-0.1, -0.05) is 41.6 Å². The number of anilines is 1. The summed E-state index contributed by atoms with van der Waals surface area (Å²) in [4.78, 5) is 18.0. The number of carbonyl (C=O) groups excluding carboxylic acids is 1. The van der Waals surface area contributed by atoms with Gasteiger partial charge in [-0.15, -0.1) is 0 Å². The maximum atomic E-state index is 12.6. The van der Waals surface area contributed by atoms with Crippen LogP contribution in [0.25, 0.3) is 0 Å². The largest absolute Gasteiger partial charge is 0.497 e. The number of rotatable bonds is 4. The summed E-state index contributed by atoms with van der Waals surface area (Å²) in [5.41, 5.74) is 1.38. The Labute approximate surface area is 134 Å². The van der Waals surface area contributed by atoms with Crippen LogP contribution in [0.5, 0.6) is 5.75 Å². The van der Waals surface area contributed by atoms with Crippen LogP contribution < -0.4 is 10.1 Å². The lowest BCUT2D eigenvalue weighted by Crippen LogP contribution is -2.40. The van der Waals surface area contributed by atoms with Crippen LogP contribution in [-0.4, -0.2) is 24.3 Å². The highest BCUT2D eigenvalue weighted by Gasteiger charge is 2.42. The van der Waals surface area contributed by atoms with E-state index >= 15 is 0 Å². The number of hydrogen-bond donors (Lipinski definition) is 1. The van der Waals surface area contributed by atoms with Crippen LogP contribution in [-0.2, 0) is 9.63 Å². The molecule has 0 radical (unpaired) electrons. The molecule has 0 fully saturated rings. The Kier molecular flexibility index (Phi) is 4.02. The maximum absolute atomic E-state index is 12.6. The minimum atomic E-state index is -1.02. The first-order valence-corrected chi connectivity index (χ1v) is 7.37. The summed E-state index contributed by atoms with van der Waals surface area (Å²) in [5, 5.41) is 6.94. The van der Waals surface area contributed by atoms with Crippen molar-refractivity contribution in [1.29, 1.82) is 0 Å². The summed E-state index contributed by atoms with van der Waals surface area (Å²) in [7, 11) is 1.59. The quantitative estimate of drug-likeness (QED) is 0.943. The number of nitrogens with zero attached hydrogens (tertiary/aromatic N) is 1. The van der Waals surface area contributed by atoms with Crippen LogP contribution in [0, 0.1) is 0 Å². The van der Waals surface area contributed by atoms with Crippen LogP contribution in [0.3, 0.4) is 0 Å². The van der Waals surface area contributed by atoms with Crippen LogP contribution in [0.2, 0.25) is 0 Å². The molecular formula is C18H18N2O3. The molecule has 5 nitrogen and oxygen atoms in total. The lowest BCUT2D eigenvalue weighted by atomic mass is 9.95. The summed E-state index contributed by atoms with van der Waals surface area (Å²) in [6.45, 7) is 1.74. The molecule has 0 saturated carbocycles. The Balaban J connectivity index is 1.71. The Hall–Kier alpha value is -2.82. The summed E-state index contributed by atoms with van der Waals surface area (Å²) in [5.74, 6) is 0.446. The molecule has 1 heterocycles. The van der Waals surface area contributed by atoms with Crippen molar-refractivity contribution in [3.8, 4) is 5.75 Å². The van der Waals surface area contributed by atoms with Gasteiger partial charge in [-0.2, -0.15) is 0 Å². The highest BCUT2D eigenvalue weighted by atomic mass is 16.7. The zero-order chi connectivity index (χ0) is 16.3. The zero-order valence-electron chi connectivity index (χ0n) is 13.1. The standard InChI is InChI=1S/C18H18N2O3/c1-18(12-16(20-23-18)13-7-4-3-5-8-13)17(21)19-14-9-6-10-15(11-14)22-2/h3-11H,12H2,1-2H3,(H,19,21)/t18-/m1/s1. The van der Waals surface area contributed by atoms with Gasteiger partial charge in [0.15, 0.2) is 0 Å². The van der Waals surface area contributed by atoms with Crippen LogP contribution in [0.1, 0.15) is 18.9 Å². The van der Waals surface area contributed by atoms with E-state index in [0.717, 1.165) is 11.3 Å². The Morgan fingerprint density at radius 1 is 1.22 bits per heavy atom. The first-order valence-electron chi connectivity index (χ1n) is 7.37. The number of hydrogen-bond acceptors (Lipinski definition) is 4. The van der Waals surface area contributed by atoms with Crippen LogP contribution >= 0.6 is 0 Å². The number of methoxy groups -OCH3 is 1. The number of benzene rings is 2. The smallest absolute Gasteiger partial charge is 0.271 e. The molecule has 118 valence electrons. The van der Waals surface area contributed by atoms with Crippen LogP contribution in [0.4, 0.5) is 5.69 Å². The number of nitrogens with one attached hydrogen (secondary N) is 1. The topological polar surface area (TPSA) is 59.9 Å². The summed E-state index contributed by atoms with van der Waals surface area (Å²) < 4.78 is 5.16. The van der Waals surface area contributed by atoms with E-state index < -0.39 is 5.60 Å². The third-order valence-corrected chi connectivity index (χ3v) is 3.78. The van der Waals surface area contributed by atoms with Crippen molar-refractivity contribution >= 4 is 17.3 Å². The first kappa shape index (κ1) is 15.1. The molecule has 0 aromatic heterocycles. The Bertz CT molecular complexity index is 743. The van der Waals surface area contributed by atoms with Gasteiger partial charge in [0.05, 0.1) is 12.8 Å². The highest BCUT2D eigenvalue weighted by molar-refractivity contribution is 6.07. The molecule has 5 heteroatoms. The van der Waals surface area contributed by atoms with Crippen molar-refractivity contribution in [1.82, 2.24) is 0 Å². The molecule has 23 heavy (non-hydrogen) atoms. The third-order valence-electron chi connectivity index (χ3n) is 3.78. The monoisotopic (exact) mass is 310 g/mol. The fourth-order valence-corrected chi connectivity index (χ4v) is 2.41. The minimum absolute atomic E-state index is 0.236. The normalized spacial score (nSPS) is 19.7. The average Bonchev–Trinajstić information content (AvgIpc) is 3.00. The van der Waals surface area contributed by atoms with Crippen molar-refractivity contribution in [3.05, 3.63) is 60.2 Å².